The van der Waals surface area contributed by atoms with Crippen LogP contribution in [0.15, 0.2) is 12.3 Å². The van der Waals surface area contributed by atoms with Crippen LogP contribution in [0.2, 0.25) is 0 Å². The number of nitrogens with one attached hydrogen (secondary N) is 1. The third kappa shape index (κ3) is 3.22. The van der Waals surface area contributed by atoms with Gasteiger partial charge in [0.25, 0.3) is 5.69 Å². The molecule has 1 atom stereocenters. The molecule has 1 aliphatic rings. The minimum absolute atomic E-state index is 0.155. The van der Waals surface area contributed by atoms with Gasteiger partial charge in [-0.05, 0) is 31.8 Å². The largest absolute Gasteiger partial charge is 0.358 e. The lowest BCUT2D eigenvalue weighted by Crippen LogP contribution is -2.37. The Bertz CT molecular complexity index is 534. The summed E-state index contributed by atoms with van der Waals surface area (Å²) >= 11 is 0. The number of hydrogen-bond acceptors (Lipinski definition) is 6. The maximum atomic E-state index is 10.7. The molecule has 2 rings (SSSR count). The molecule has 1 unspecified atom stereocenters. The second kappa shape index (κ2) is 6.30. The summed E-state index contributed by atoms with van der Waals surface area (Å²) in [6.07, 6.45) is 3.50. The Morgan fingerprint density at radius 1 is 1.70 bits per heavy atom. The summed E-state index contributed by atoms with van der Waals surface area (Å²) in [5.74, 6) is 1.01. The highest BCUT2D eigenvalue weighted by atomic mass is 16.6. The van der Waals surface area contributed by atoms with Gasteiger partial charge in [0.05, 0.1) is 4.92 Å². The molecular formula is C13H17N5O2. The summed E-state index contributed by atoms with van der Waals surface area (Å²) in [7, 11) is 1.86. The van der Waals surface area contributed by atoms with E-state index in [4.69, 9.17) is 5.26 Å². The van der Waals surface area contributed by atoms with Crippen molar-refractivity contribution in [2.45, 2.75) is 12.8 Å². The van der Waals surface area contributed by atoms with E-state index in [9.17, 15) is 10.1 Å². The van der Waals surface area contributed by atoms with Gasteiger partial charge >= 0.3 is 0 Å². The molecule has 0 amide bonds. The molecule has 0 saturated carbocycles. The second-order valence-corrected chi connectivity index (χ2v) is 5.03. The predicted molar refractivity (Wildman–Crippen MR) is 74.5 cm³/mol. The number of nitrogens with zero attached hydrogens (tertiary/aromatic N) is 4. The average molecular weight is 275 g/mol. The van der Waals surface area contributed by atoms with Gasteiger partial charge in [-0.2, -0.15) is 5.26 Å². The van der Waals surface area contributed by atoms with Crippen LogP contribution < -0.4 is 10.2 Å². The summed E-state index contributed by atoms with van der Waals surface area (Å²) in [6, 6.07) is 3.26. The Morgan fingerprint density at radius 2 is 2.50 bits per heavy atom. The molecule has 0 aliphatic carbocycles. The summed E-state index contributed by atoms with van der Waals surface area (Å²) in [4.78, 5) is 16.1. The van der Waals surface area contributed by atoms with Crippen molar-refractivity contribution in [2.24, 2.45) is 5.92 Å². The van der Waals surface area contributed by atoms with Crippen molar-refractivity contribution in [3.63, 3.8) is 0 Å². The molecule has 106 valence electrons. The lowest BCUT2D eigenvalue weighted by atomic mass is 9.99. The van der Waals surface area contributed by atoms with Crippen LogP contribution in [0, 0.1) is 27.4 Å². The predicted octanol–water partition coefficient (Wildman–Crippen LogP) is 1.30. The molecule has 0 bridgehead atoms. The molecule has 1 aromatic heterocycles. The molecule has 0 radical (unpaired) electrons. The van der Waals surface area contributed by atoms with Crippen molar-refractivity contribution in [1.29, 1.82) is 5.26 Å². The van der Waals surface area contributed by atoms with E-state index < -0.39 is 4.92 Å². The number of anilines is 1. The number of piperidine rings is 1. The van der Waals surface area contributed by atoms with Gasteiger partial charge in [-0.25, -0.2) is 4.98 Å². The molecule has 1 N–H and O–H groups in total. The third-order valence-corrected chi connectivity index (χ3v) is 3.48. The molecule has 7 nitrogen and oxygen atoms in total. The maximum absolute atomic E-state index is 10.7. The monoisotopic (exact) mass is 275 g/mol. The van der Waals surface area contributed by atoms with E-state index in [0.29, 0.717) is 11.7 Å². The van der Waals surface area contributed by atoms with Crippen LogP contribution >= 0.6 is 0 Å². The van der Waals surface area contributed by atoms with Crippen molar-refractivity contribution in [3.05, 3.63) is 27.9 Å². The molecule has 1 fully saturated rings. The summed E-state index contributed by atoms with van der Waals surface area (Å²) in [5, 5.41) is 23.2. The Kier molecular flexibility index (Phi) is 4.48. The van der Waals surface area contributed by atoms with Gasteiger partial charge in [0.15, 0.2) is 0 Å². The van der Waals surface area contributed by atoms with Gasteiger partial charge in [0, 0.05) is 19.7 Å². The fourth-order valence-corrected chi connectivity index (χ4v) is 2.49. The van der Waals surface area contributed by atoms with Crippen LogP contribution in [-0.2, 0) is 0 Å². The molecular weight excluding hydrogens is 258 g/mol. The van der Waals surface area contributed by atoms with Gasteiger partial charge in [-0.1, -0.05) is 0 Å². The minimum Gasteiger partial charge on any atom is -0.358 e. The number of rotatable bonds is 4. The fraction of sp³-hybridized carbons (Fsp3) is 0.538. The van der Waals surface area contributed by atoms with Crippen molar-refractivity contribution in [3.8, 4) is 6.07 Å². The summed E-state index contributed by atoms with van der Waals surface area (Å²) < 4.78 is 0. The van der Waals surface area contributed by atoms with Crippen LogP contribution in [-0.4, -0.2) is 36.6 Å². The zero-order valence-electron chi connectivity index (χ0n) is 11.4. The van der Waals surface area contributed by atoms with Crippen molar-refractivity contribution >= 4 is 11.5 Å². The smallest absolute Gasteiger partial charge is 0.289 e. The molecule has 2 heterocycles. The van der Waals surface area contributed by atoms with E-state index in [1.54, 1.807) is 0 Å². The number of nitro groups is 1. The van der Waals surface area contributed by atoms with E-state index in [1.165, 1.54) is 12.3 Å². The zero-order valence-corrected chi connectivity index (χ0v) is 11.4. The Hall–Kier alpha value is -2.20. The molecule has 0 spiro atoms. The molecule has 0 aromatic carbocycles. The topological polar surface area (TPSA) is 95.1 Å². The SMILES string of the molecule is CN(CC1CCCNC1)c1ncc([N+](=O)[O-])cc1C#N. The Balaban J connectivity index is 2.14. The molecule has 1 aliphatic heterocycles. The van der Waals surface area contributed by atoms with Crippen molar-refractivity contribution < 1.29 is 4.92 Å². The lowest BCUT2D eigenvalue weighted by molar-refractivity contribution is -0.385. The first-order chi connectivity index (χ1) is 9.61. The fourth-order valence-electron chi connectivity index (χ4n) is 2.49. The number of pyridine rings is 1. The highest BCUT2D eigenvalue weighted by Gasteiger charge is 2.19. The van der Waals surface area contributed by atoms with Crippen molar-refractivity contribution in [1.82, 2.24) is 10.3 Å². The highest BCUT2D eigenvalue weighted by molar-refractivity contribution is 5.56. The first-order valence-electron chi connectivity index (χ1n) is 6.58. The zero-order chi connectivity index (χ0) is 14.5. The van der Waals surface area contributed by atoms with Crippen LogP contribution in [0.1, 0.15) is 18.4 Å². The molecule has 7 heteroatoms. The van der Waals surface area contributed by atoms with Crippen LogP contribution in [0.3, 0.4) is 0 Å². The van der Waals surface area contributed by atoms with Gasteiger partial charge in [0.1, 0.15) is 23.6 Å². The van der Waals surface area contributed by atoms with E-state index in [2.05, 4.69) is 10.3 Å². The van der Waals surface area contributed by atoms with E-state index >= 15 is 0 Å². The van der Waals surface area contributed by atoms with Gasteiger partial charge in [-0.3, -0.25) is 10.1 Å². The van der Waals surface area contributed by atoms with E-state index in [1.807, 2.05) is 18.0 Å². The van der Waals surface area contributed by atoms with Gasteiger partial charge < -0.3 is 10.2 Å². The number of aromatic nitrogens is 1. The lowest BCUT2D eigenvalue weighted by Gasteiger charge is -2.28. The van der Waals surface area contributed by atoms with E-state index in [-0.39, 0.29) is 11.3 Å². The first kappa shape index (κ1) is 14.2. The quantitative estimate of drug-likeness (QED) is 0.657. The second-order valence-electron chi connectivity index (χ2n) is 5.03. The van der Waals surface area contributed by atoms with Crippen LogP contribution in [0.4, 0.5) is 11.5 Å². The van der Waals surface area contributed by atoms with Gasteiger partial charge in [-0.15, -0.1) is 0 Å². The minimum atomic E-state index is -0.539. The molecule has 20 heavy (non-hydrogen) atoms. The summed E-state index contributed by atoms with van der Waals surface area (Å²) in [6.45, 7) is 2.80. The average Bonchev–Trinajstić information content (AvgIpc) is 2.47. The standard InChI is InChI=1S/C13H17N5O2/c1-17(9-10-3-2-4-15-7-10)13-11(6-14)5-12(8-16-13)18(19)20/h5,8,10,15H,2-4,7,9H2,1H3. The molecule has 1 aromatic rings. The third-order valence-electron chi connectivity index (χ3n) is 3.48. The number of hydrogen-bond donors (Lipinski definition) is 1. The van der Waals surface area contributed by atoms with Crippen LogP contribution in [0.25, 0.3) is 0 Å². The maximum Gasteiger partial charge on any atom is 0.289 e. The number of nitriles is 1. The van der Waals surface area contributed by atoms with Crippen molar-refractivity contribution in [2.75, 3.05) is 31.6 Å². The van der Waals surface area contributed by atoms with Gasteiger partial charge in [0.2, 0.25) is 0 Å². The van der Waals surface area contributed by atoms with Crippen LogP contribution in [0.5, 0.6) is 0 Å². The Morgan fingerprint density at radius 3 is 3.10 bits per heavy atom. The normalized spacial score (nSPS) is 18.3. The first-order valence-corrected chi connectivity index (χ1v) is 6.58. The highest BCUT2D eigenvalue weighted by Crippen LogP contribution is 2.22. The Labute approximate surface area is 117 Å². The molecule has 1 saturated heterocycles. The summed E-state index contributed by atoms with van der Waals surface area (Å²) in [5.41, 5.74) is 0.0866. The van der Waals surface area contributed by atoms with E-state index in [0.717, 1.165) is 32.5 Å².